The van der Waals surface area contributed by atoms with E-state index in [9.17, 15) is 9.18 Å². The van der Waals surface area contributed by atoms with Gasteiger partial charge in [-0.05, 0) is 18.2 Å². The van der Waals surface area contributed by atoms with Gasteiger partial charge in [0, 0.05) is 6.04 Å². The molecule has 0 spiro atoms. The van der Waals surface area contributed by atoms with E-state index in [1.807, 2.05) is 0 Å². The largest absolute Gasteiger partial charge is 0.490 e. The van der Waals surface area contributed by atoms with Gasteiger partial charge in [-0.15, -0.1) is 0 Å². The first-order valence-corrected chi connectivity index (χ1v) is 4.92. The van der Waals surface area contributed by atoms with Gasteiger partial charge in [0.25, 0.3) is 0 Å². The van der Waals surface area contributed by atoms with Crippen LogP contribution in [0.25, 0.3) is 0 Å². The summed E-state index contributed by atoms with van der Waals surface area (Å²) in [5.74, 6) is -1.18. The average Bonchev–Trinajstić information content (AvgIpc) is 2.15. The average molecular weight is 248 g/mol. The predicted molar refractivity (Wildman–Crippen MR) is 57.1 cm³/mol. The number of aliphatic carboxylic acids is 1. The van der Waals surface area contributed by atoms with Gasteiger partial charge in [0.1, 0.15) is 18.2 Å². The lowest BCUT2D eigenvalue weighted by atomic mass is 10.2. The monoisotopic (exact) mass is 247 g/mol. The van der Waals surface area contributed by atoms with Crippen molar-refractivity contribution in [2.75, 3.05) is 6.61 Å². The van der Waals surface area contributed by atoms with Gasteiger partial charge in [0.05, 0.1) is 11.4 Å². The summed E-state index contributed by atoms with van der Waals surface area (Å²) >= 11 is 5.70. The third kappa shape index (κ3) is 4.04. The summed E-state index contributed by atoms with van der Waals surface area (Å²) in [6, 6.07) is 3.05. The highest BCUT2D eigenvalue weighted by Crippen LogP contribution is 2.24. The van der Waals surface area contributed by atoms with Crippen molar-refractivity contribution in [1.29, 1.82) is 0 Å². The summed E-state index contributed by atoms with van der Waals surface area (Å²) in [5, 5.41) is 8.59. The Morgan fingerprint density at radius 2 is 2.31 bits per heavy atom. The number of ether oxygens (including phenoxy) is 1. The normalized spacial score (nSPS) is 12.2. The number of hydrogen-bond donors (Lipinski definition) is 2. The molecule has 1 unspecified atom stereocenters. The van der Waals surface area contributed by atoms with Gasteiger partial charge in [0.15, 0.2) is 0 Å². The lowest BCUT2D eigenvalue weighted by Gasteiger charge is -2.12. The lowest BCUT2D eigenvalue weighted by Crippen LogP contribution is -2.30. The molecule has 0 bridgehead atoms. The Morgan fingerprint density at radius 3 is 2.88 bits per heavy atom. The van der Waals surface area contributed by atoms with Crippen molar-refractivity contribution in [1.82, 2.24) is 0 Å². The highest BCUT2D eigenvalue weighted by Gasteiger charge is 2.10. The van der Waals surface area contributed by atoms with Crippen LogP contribution in [0.1, 0.15) is 6.42 Å². The van der Waals surface area contributed by atoms with Crippen molar-refractivity contribution in [3.05, 3.63) is 29.0 Å². The van der Waals surface area contributed by atoms with Crippen LogP contribution in [0.2, 0.25) is 5.02 Å². The topological polar surface area (TPSA) is 72.5 Å². The minimum Gasteiger partial charge on any atom is -0.490 e. The van der Waals surface area contributed by atoms with Crippen LogP contribution in [0.4, 0.5) is 4.39 Å². The third-order valence-corrected chi connectivity index (χ3v) is 2.08. The SMILES string of the molecule is NC(COc1ccc(F)cc1Cl)CC(=O)O. The number of benzene rings is 1. The second-order valence-electron chi connectivity index (χ2n) is 3.24. The second kappa shape index (κ2) is 5.67. The lowest BCUT2D eigenvalue weighted by molar-refractivity contribution is -0.137. The molecule has 6 heteroatoms. The first-order valence-electron chi connectivity index (χ1n) is 4.54. The maximum Gasteiger partial charge on any atom is 0.305 e. The van der Waals surface area contributed by atoms with Gasteiger partial charge >= 0.3 is 5.97 Å². The van der Waals surface area contributed by atoms with E-state index in [0.29, 0.717) is 0 Å². The number of carboxylic acid groups (broad SMARTS) is 1. The summed E-state index contributed by atoms with van der Waals surface area (Å²) in [5.41, 5.74) is 5.48. The molecule has 0 saturated heterocycles. The van der Waals surface area contributed by atoms with Crippen LogP contribution < -0.4 is 10.5 Å². The molecule has 88 valence electrons. The van der Waals surface area contributed by atoms with E-state index in [4.69, 9.17) is 27.2 Å². The molecule has 0 fully saturated rings. The van der Waals surface area contributed by atoms with Crippen molar-refractivity contribution in [2.45, 2.75) is 12.5 Å². The Morgan fingerprint density at radius 1 is 1.62 bits per heavy atom. The highest BCUT2D eigenvalue weighted by molar-refractivity contribution is 6.32. The van der Waals surface area contributed by atoms with E-state index >= 15 is 0 Å². The van der Waals surface area contributed by atoms with Crippen molar-refractivity contribution in [3.63, 3.8) is 0 Å². The van der Waals surface area contributed by atoms with Crippen molar-refractivity contribution in [3.8, 4) is 5.75 Å². The Kier molecular flexibility index (Phi) is 4.52. The minimum absolute atomic E-state index is 0.0116. The zero-order valence-corrected chi connectivity index (χ0v) is 9.08. The maximum absolute atomic E-state index is 12.7. The Labute approximate surface area is 96.8 Å². The van der Waals surface area contributed by atoms with E-state index in [-0.39, 0.29) is 23.8 Å². The third-order valence-electron chi connectivity index (χ3n) is 1.78. The zero-order valence-electron chi connectivity index (χ0n) is 8.32. The van der Waals surface area contributed by atoms with Crippen LogP contribution in [-0.4, -0.2) is 23.7 Å². The Balaban J connectivity index is 2.51. The van der Waals surface area contributed by atoms with Crippen LogP contribution in [0.5, 0.6) is 5.75 Å². The number of rotatable bonds is 5. The maximum atomic E-state index is 12.7. The van der Waals surface area contributed by atoms with Gasteiger partial charge in [0.2, 0.25) is 0 Å². The number of carboxylic acids is 1. The molecular weight excluding hydrogens is 237 g/mol. The van der Waals surface area contributed by atoms with E-state index < -0.39 is 17.8 Å². The molecule has 0 radical (unpaired) electrons. The molecule has 0 aliphatic heterocycles. The minimum atomic E-state index is -0.999. The summed E-state index contributed by atoms with van der Waals surface area (Å²) in [6.45, 7) is 0.0116. The van der Waals surface area contributed by atoms with Crippen molar-refractivity contribution in [2.24, 2.45) is 5.73 Å². The Bertz CT molecular complexity index is 386. The second-order valence-corrected chi connectivity index (χ2v) is 3.65. The van der Waals surface area contributed by atoms with E-state index in [1.165, 1.54) is 12.1 Å². The molecule has 0 aliphatic carbocycles. The smallest absolute Gasteiger partial charge is 0.305 e. The number of nitrogens with two attached hydrogens (primary N) is 1. The fourth-order valence-corrected chi connectivity index (χ4v) is 1.29. The van der Waals surface area contributed by atoms with Crippen LogP contribution in [0, 0.1) is 5.82 Å². The van der Waals surface area contributed by atoms with Gasteiger partial charge in [-0.2, -0.15) is 0 Å². The molecule has 0 aliphatic rings. The van der Waals surface area contributed by atoms with Crippen molar-refractivity contribution >= 4 is 17.6 Å². The van der Waals surface area contributed by atoms with Crippen LogP contribution >= 0.6 is 11.6 Å². The molecule has 0 saturated carbocycles. The van der Waals surface area contributed by atoms with E-state index in [0.717, 1.165) is 6.07 Å². The summed E-state index contributed by atoms with van der Waals surface area (Å²) in [6.07, 6.45) is -0.196. The molecule has 0 aromatic heterocycles. The van der Waals surface area contributed by atoms with Gasteiger partial charge in [-0.3, -0.25) is 4.79 Å². The van der Waals surface area contributed by atoms with Crippen LogP contribution in [0.15, 0.2) is 18.2 Å². The van der Waals surface area contributed by atoms with Crippen LogP contribution in [0.3, 0.4) is 0 Å². The molecule has 1 aromatic carbocycles. The summed E-state index contributed by atoms with van der Waals surface area (Å²) < 4.78 is 17.8. The molecule has 1 atom stereocenters. The fraction of sp³-hybridized carbons (Fsp3) is 0.300. The molecule has 1 rings (SSSR count). The highest BCUT2D eigenvalue weighted by atomic mass is 35.5. The number of halogens is 2. The van der Waals surface area contributed by atoms with Gasteiger partial charge in [-0.1, -0.05) is 11.6 Å². The summed E-state index contributed by atoms with van der Waals surface area (Å²) in [7, 11) is 0. The van der Waals surface area contributed by atoms with Crippen molar-refractivity contribution < 1.29 is 19.0 Å². The molecule has 0 heterocycles. The van der Waals surface area contributed by atoms with Gasteiger partial charge < -0.3 is 15.6 Å². The first kappa shape index (κ1) is 12.7. The van der Waals surface area contributed by atoms with E-state index in [1.54, 1.807) is 0 Å². The molecule has 0 amide bonds. The molecule has 3 N–H and O–H groups in total. The molecular formula is C10H11ClFNO3. The summed E-state index contributed by atoms with van der Waals surface area (Å²) in [4.78, 5) is 10.3. The fourth-order valence-electron chi connectivity index (χ4n) is 1.07. The Hall–Kier alpha value is -1.33. The first-order chi connectivity index (χ1) is 7.49. The van der Waals surface area contributed by atoms with E-state index in [2.05, 4.69) is 0 Å². The number of hydrogen-bond acceptors (Lipinski definition) is 3. The predicted octanol–water partition coefficient (Wildman–Crippen LogP) is 1.66. The molecule has 1 aromatic rings. The molecule has 4 nitrogen and oxygen atoms in total. The standard InChI is InChI=1S/C10H11ClFNO3/c11-8-3-6(12)1-2-9(8)16-5-7(13)4-10(14)15/h1-3,7H,4-5,13H2,(H,14,15). The van der Waals surface area contributed by atoms with Crippen LogP contribution in [-0.2, 0) is 4.79 Å². The zero-order chi connectivity index (χ0) is 12.1. The molecule has 16 heavy (non-hydrogen) atoms. The van der Waals surface area contributed by atoms with Gasteiger partial charge in [-0.25, -0.2) is 4.39 Å². The quantitative estimate of drug-likeness (QED) is 0.830. The number of carbonyl (C=O) groups is 1.